The number of nitrogens with one attached hydrogen (secondary N) is 1. The molecule has 0 aliphatic heterocycles. The lowest BCUT2D eigenvalue weighted by Crippen LogP contribution is -2.31. The van der Waals surface area contributed by atoms with E-state index in [-0.39, 0.29) is 30.5 Å². The average molecular weight is 503 g/mol. The molecule has 1 aliphatic carbocycles. The molecule has 8 nitrogen and oxygen atoms in total. The first-order valence-electron chi connectivity index (χ1n) is 12.9. The van der Waals surface area contributed by atoms with Crippen LogP contribution in [0.15, 0.2) is 24.3 Å². The van der Waals surface area contributed by atoms with E-state index in [0.717, 1.165) is 18.4 Å². The maximum absolute atomic E-state index is 13.6. The normalized spacial score (nSPS) is 16.2. The second-order valence-corrected chi connectivity index (χ2v) is 10.1. The Balaban J connectivity index is 1.86. The van der Waals surface area contributed by atoms with Crippen LogP contribution in [0.25, 0.3) is 5.69 Å². The largest absolute Gasteiger partial charge is 0.550 e. The van der Waals surface area contributed by atoms with Gasteiger partial charge in [0, 0.05) is 30.2 Å². The number of carboxylic acid groups (broad SMARTS) is 1. The molecular formula is C27H37FN3O5-. The van der Waals surface area contributed by atoms with Crippen LogP contribution in [0.1, 0.15) is 92.9 Å². The highest BCUT2D eigenvalue weighted by molar-refractivity contribution is 5.94. The predicted octanol–water partition coefficient (Wildman–Crippen LogP) is 2.63. The molecule has 0 saturated heterocycles. The Morgan fingerprint density at radius 2 is 1.81 bits per heavy atom. The highest BCUT2D eigenvalue weighted by atomic mass is 19.1. The van der Waals surface area contributed by atoms with Crippen molar-refractivity contribution in [2.24, 2.45) is 5.92 Å². The van der Waals surface area contributed by atoms with Crippen molar-refractivity contribution in [3.8, 4) is 5.69 Å². The first-order valence-corrected chi connectivity index (χ1v) is 12.9. The first kappa shape index (κ1) is 27.8. The van der Waals surface area contributed by atoms with E-state index < -0.39 is 24.6 Å². The molecular weight excluding hydrogens is 465 g/mol. The van der Waals surface area contributed by atoms with Crippen LogP contribution in [0.4, 0.5) is 4.39 Å². The Labute approximate surface area is 211 Å². The maximum Gasteiger partial charge on any atom is 0.272 e. The fraction of sp³-hybridized carbons (Fsp3) is 0.593. The number of aliphatic hydroxyl groups excluding tert-OH is 2. The van der Waals surface area contributed by atoms with Crippen LogP contribution >= 0.6 is 0 Å². The zero-order valence-corrected chi connectivity index (χ0v) is 21.1. The van der Waals surface area contributed by atoms with Gasteiger partial charge in [-0.2, -0.15) is 5.10 Å². The number of aromatic nitrogens is 2. The molecule has 1 saturated carbocycles. The fourth-order valence-electron chi connectivity index (χ4n) is 5.00. The summed E-state index contributed by atoms with van der Waals surface area (Å²) in [4.78, 5) is 24.0. The van der Waals surface area contributed by atoms with Crippen molar-refractivity contribution in [1.29, 1.82) is 0 Å². The summed E-state index contributed by atoms with van der Waals surface area (Å²) in [5.74, 6) is -1.61. The van der Waals surface area contributed by atoms with Gasteiger partial charge in [-0.05, 0) is 68.2 Å². The van der Waals surface area contributed by atoms with Crippen molar-refractivity contribution in [3.05, 3.63) is 47.0 Å². The van der Waals surface area contributed by atoms with Crippen molar-refractivity contribution in [2.45, 2.75) is 89.8 Å². The molecule has 1 aromatic heterocycles. The quantitative estimate of drug-likeness (QED) is 0.409. The molecule has 1 aromatic carbocycles. The van der Waals surface area contributed by atoms with Crippen LogP contribution in [-0.4, -0.2) is 50.6 Å². The van der Waals surface area contributed by atoms with E-state index in [2.05, 4.69) is 10.4 Å². The minimum absolute atomic E-state index is 0.0505. The Morgan fingerprint density at radius 3 is 2.42 bits per heavy atom. The lowest BCUT2D eigenvalue weighted by molar-refractivity contribution is -0.307. The molecule has 198 valence electrons. The number of nitrogens with zero attached hydrogens (tertiary/aromatic N) is 2. The van der Waals surface area contributed by atoms with Crippen LogP contribution in [0.3, 0.4) is 0 Å². The summed E-state index contributed by atoms with van der Waals surface area (Å²) in [7, 11) is 0. The summed E-state index contributed by atoms with van der Waals surface area (Å²) in [5, 5.41) is 38.7. The molecule has 36 heavy (non-hydrogen) atoms. The van der Waals surface area contributed by atoms with Crippen LogP contribution in [0, 0.1) is 11.7 Å². The lowest BCUT2D eigenvalue weighted by Gasteiger charge is -2.21. The molecule has 1 amide bonds. The van der Waals surface area contributed by atoms with E-state index in [4.69, 9.17) is 0 Å². The average Bonchev–Trinajstić information content (AvgIpc) is 3.21. The SMILES string of the molecule is CC(C)c1c(C(=O)NCC2CCCCC2)nn(-c2ccc(F)cc2)c1CC[C@@H](O)C[C@@H](O)CC(=O)[O-]. The number of hydrogen-bond donors (Lipinski definition) is 3. The minimum Gasteiger partial charge on any atom is -0.550 e. The van der Waals surface area contributed by atoms with Crippen molar-refractivity contribution in [3.63, 3.8) is 0 Å². The zero-order valence-electron chi connectivity index (χ0n) is 21.1. The fourth-order valence-corrected chi connectivity index (χ4v) is 5.00. The number of carboxylic acids is 1. The Kier molecular flexibility index (Phi) is 10.0. The van der Waals surface area contributed by atoms with E-state index in [9.17, 15) is 29.3 Å². The number of aliphatic hydroxyl groups is 2. The zero-order chi connectivity index (χ0) is 26.2. The minimum atomic E-state index is -1.38. The summed E-state index contributed by atoms with van der Waals surface area (Å²) < 4.78 is 15.2. The van der Waals surface area contributed by atoms with E-state index in [1.54, 1.807) is 16.8 Å². The number of hydrogen-bond acceptors (Lipinski definition) is 6. The van der Waals surface area contributed by atoms with E-state index in [1.165, 1.54) is 31.4 Å². The standard InChI is InChI=1S/C27H38FN3O5/c1-17(2)25-23(13-12-21(32)14-22(33)15-24(34)35)31(20-10-8-19(28)9-11-20)30-26(25)27(36)29-16-18-6-4-3-5-7-18/h8-11,17-18,21-22,32-33H,3-7,12-16H2,1-2H3,(H,29,36)(H,34,35)/p-1/t21-,22-/m1/s1. The second-order valence-electron chi connectivity index (χ2n) is 10.1. The van der Waals surface area contributed by atoms with Gasteiger partial charge < -0.3 is 25.4 Å². The van der Waals surface area contributed by atoms with Gasteiger partial charge in [-0.1, -0.05) is 33.1 Å². The summed E-state index contributed by atoms with van der Waals surface area (Å²) in [6.45, 7) is 4.53. The predicted molar refractivity (Wildman–Crippen MR) is 131 cm³/mol. The monoisotopic (exact) mass is 502 g/mol. The Hall–Kier alpha value is -2.78. The summed E-state index contributed by atoms with van der Waals surface area (Å²) in [6, 6.07) is 5.81. The number of aliphatic carboxylic acids is 1. The summed E-state index contributed by atoms with van der Waals surface area (Å²) in [5.41, 5.74) is 2.37. The number of carbonyl (C=O) groups is 2. The third-order valence-corrected chi connectivity index (χ3v) is 6.82. The van der Waals surface area contributed by atoms with Gasteiger partial charge in [-0.25, -0.2) is 9.07 Å². The van der Waals surface area contributed by atoms with Crippen molar-refractivity contribution in [2.75, 3.05) is 6.54 Å². The topological polar surface area (TPSA) is 128 Å². The van der Waals surface area contributed by atoms with Gasteiger partial charge in [0.15, 0.2) is 5.69 Å². The van der Waals surface area contributed by atoms with Gasteiger partial charge in [0.05, 0.1) is 17.9 Å². The van der Waals surface area contributed by atoms with Gasteiger partial charge in [0.25, 0.3) is 5.91 Å². The molecule has 0 unspecified atom stereocenters. The Morgan fingerprint density at radius 1 is 1.14 bits per heavy atom. The molecule has 1 aliphatic rings. The van der Waals surface area contributed by atoms with Gasteiger partial charge in [-0.15, -0.1) is 0 Å². The van der Waals surface area contributed by atoms with E-state index in [1.807, 2.05) is 13.8 Å². The molecule has 0 radical (unpaired) electrons. The molecule has 3 rings (SSSR count). The van der Waals surface area contributed by atoms with Crippen LogP contribution in [0.2, 0.25) is 0 Å². The smallest absolute Gasteiger partial charge is 0.272 e. The molecule has 3 N–H and O–H groups in total. The molecule has 2 atom stereocenters. The highest BCUT2D eigenvalue weighted by Gasteiger charge is 2.27. The highest BCUT2D eigenvalue weighted by Crippen LogP contribution is 2.29. The first-order chi connectivity index (χ1) is 17.2. The van der Waals surface area contributed by atoms with E-state index in [0.29, 0.717) is 36.0 Å². The van der Waals surface area contributed by atoms with Crippen LogP contribution in [-0.2, 0) is 11.2 Å². The third kappa shape index (κ3) is 7.61. The number of carbonyl (C=O) groups excluding carboxylic acids is 2. The Bertz CT molecular complexity index is 1020. The molecule has 1 heterocycles. The van der Waals surface area contributed by atoms with E-state index >= 15 is 0 Å². The molecule has 2 aromatic rings. The van der Waals surface area contributed by atoms with Gasteiger partial charge >= 0.3 is 0 Å². The van der Waals surface area contributed by atoms with Crippen LogP contribution < -0.4 is 10.4 Å². The lowest BCUT2D eigenvalue weighted by atomic mass is 9.89. The van der Waals surface area contributed by atoms with Crippen molar-refractivity contribution >= 4 is 11.9 Å². The van der Waals surface area contributed by atoms with Gasteiger partial charge in [0.2, 0.25) is 0 Å². The molecule has 1 fully saturated rings. The number of amides is 1. The molecule has 0 spiro atoms. The number of benzene rings is 1. The van der Waals surface area contributed by atoms with Crippen molar-refractivity contribution in [1.82, 2.24) is 15.1 Å². The van der Waals surface area contributed by atoms with Gasteiger partial charge in [0.1, 0.15) is 5.82 Å². The molecule has 0 bridgehead atoms. The van der Waals surface area contributed by atoms with Crippen LogP contribution in [0.5, 0.6) is 0 Å². The number of halogens is 1. The summed E-state index contributed by atoms with van der Waals surface area (Å²) in [6.07, 6.45) is 3.54. The second kappa shape index (κ2) is 13.0. The maximum atomic E-state index is 13.6. The third-order valence-electron chi connectivity index (χ3n) is 6.82. The molecule has 9 heteroatoms. The van der Waals surface area contributed by atoms with Gasteiger partial charge in [-0.3, -0.25) is 4.79 Å². The summed E-state index contributed by atoms with van der Waals surface area (Å²) >= 11 is 0. The number of rotatable bonds is 12. The van der Waals surface area contributed by atoms with Crippen molar-refractivity contribution < 1.29 is 29.3 Å².